The Bertz CT molecular complexity index is 358. The fourth-order valence-corrected chi connectivity index (χ4v) is 1.89. The van der Waals surface area contributed by atoms with Crippen molar-refractivity contribution in [2.45, 2.75) is 19.1 Å². The maximum absolute atomic E-state index is 12.3. The Hall–Kier alpha value is -0.790. The molecule has 2 rings (SSSR count). The fraction of sp³-hybridized carbons (Fsp3) is 0.700. The Morgan fingerprint density at radius 2 is 2.06 bits per heavy atom. The molecule has 0 aliphatic carbocycles. The van der Waals surface area contributed by atoms with Gasteiger partial charge >= 0.3 is 6.18 Å². The van der Waals surface area contributed by atoms with E-state index in [9.17, 15) is 13.2 Å². The molecule has 2 heterocycles. The van der Waals surface area contributed by atoms with Crippen LogP contribution in [-0.4, -0.2) is 41.3 Å². The zero-order chi connectivity index (χ0) is 12.3. The van der Waals surface area contributed by atoms with E-state index in [0.29, 0.717) is 12.2 Å². The van der Waals surface area contributed by atoms with Gasteiger partial charge in [-0.1, -0.05) is 0 Å². The van der Waals surface area contributed by atoms with Crippen molar-refractivity contribution >= 4 is 12.4 Å². The minimum Gasteiger partial charge on any atom is -0.315 e. The molecule has 0 aromatic carbocycles. The Morgan fingerprint density at radius 1 is 1.28 bits per heavy atom. The van der Waals surface area contributed by atoms with Crippen molar-refractivity contribution in [3.8, 4) is 0 Å². The number of nitrogens with zero attached hydrogens (tertiary/aromatic N) is 2. The number of nitrogens with one attached hydrogen (secondary N) is 2. The summed E-state index contributed by atoms with van der Waals surface area (Å²) < 4.78 is 37.0. The van der Waals surface area contributed by atoms with Crippen LogP contribution in [-0.2, 0) is 12.7 Å². The lowest BCUT2D eigenvalue weighted by atomic mass is 10.3. The highest BCUT2D eigenvalue weighted by Gasteiger charge is 2.33. The molecule has 0 atom stereocenters. The summed E-state index contributed by atoms with van der Waals surface area (Å²) in [4.78, 5) is 2.12. The molecule has 1 aliphatic heterocycles. The minimum atomic E-state index is -4.37. The van der Waals surface area contributed by atoms with E-state index < -0.39 is 11.9 Å². The van der Waals surface area contributed by atoms with Crippen LogP contribution in [0.5, 0.6) is 0 Å². The van der Waals surface area contributed by atoms with E-state index in [-0.39, 0.29) is 12.4 Å². The molecule has 1 aromatic heterocycles. The molecule has 18 heavy (non-hydrogen) atoms. The predicted molar refractivity (Wildman–Crippen MR) is 63.6 cm³/mol. The van der Waals surface area contributed by atoms with Crippen molar-refractivity contribution in [1.29, 1.82) is 0 Å². The van der Waals surface area contributed by atoms with Gasteiger partial charge < -0.3 is 5.32 Å². The normalized spacial score (nSPS) is 18.2. The van der Waals surface area contributed by atoms with Crippen LogP contribution < -0.4 is 5.32 Å². The van der Waals surface area contributed by atoms with Crippen LogP contribution in [0.1, 0.15) is 17.8 Å². The average Bonchev–Trinajstić information content (AvgIpc) is 2.56. The Kier molecular flexibility index (Phi) is 5.43. The van der Waals surface area contributed by atoms with E-state index in [2.05, 4.69) is 20.4 Å². The van der Waals surface area contributed by atoms with Crippen molar-refractivity contribution in [3.63, 3.8) is 0 Å². The summed E-state index contributed by atoms with van der Waals surface area (Å²) in [5.74, 6) is 0. The smallest absolute Gasteiger partial charge is 0.315 e. The number of alkyl halides is 3. The lowest BCUT2D eigenvalue weighted by molar-refractivity contribution is -0.141. The Balaban J connectivity index is 0.00000162. The monoisotopic (exact) mass is 284 g/mol. The SMILES string of the molecule is Cl.FC(F)(F)c1cc(CN2CCCNCC2)[nH]n1. The lowest BCUT2D eigenvalue weighted by Crippen LogP contribution is -2.27. The predicted octanol–water partition coefficient (Wildman–Crippen LogP) is 1.65. The van der Waals surface area contributed by atoms with E-state index in [1.807, 2.05) is 0 Å². The summed E-state index contributed by atoms with van der Waals surface area (Å²) in [6, 6.07) is 1.08. The molecule has 4 nitrogen and oxygen atoms in total. The first-order chi connectivity index (χ1) is 8.05. The zero-order valence-corrected chi connectivity index (χ0v) is 10.6. The van der Waals surface area contributed by atoms with Crippen LogP contribution in [0.15, 0.2) is 6.07 Å². The largest absolute Gasteiger partial charge is 0.435 e. The van der Waals surface area contributed by atoms with Gasteiger partial charge in [0.1, 0.15) is 0 Å². The first kappa shape index (κ1) is 15.3. The summed E-state index contributed by atoms with van der Waals surface area (Å²) >= 11 is 0. The van der Waals surface area contributed by atoms with Gasteiger partial charge in [-0.15, -0.1) is 12.4 Å². The fourth-order valence-electron chi connectivity index (χ4n) is 1.89. The number of halogens is 4. The number of rotatable bonds is 2. The Morgan fingerprint density at radius 3 is 2.72 bits per heavy atom. The maximum atomic E-state index is 12.3. The lowest BCUT2D eigenvalue weighted by Gasteiger charge is -2.17. The first-order valence-electron chi connectivity index (χ1n) is 5.60. The first-order valence-corrected chi connectivity index (χ1v) is 5.60. The second-order valence-corrected chi connectivity index (χ2v) is 4.16. The van der Waals surface area contributed by atoms with Crippen LogP contribution in [0.3, 0.4) is 0 Å². The molecule has 0 radical (unpaired) electrons. The molecule has 0 spiro atoms. The van der Waals surface area contributed by atoms with Crippen LogP contribution in [0.4, 0.5) is 13.2 Å². The molecule has 1 fully saturated rings. The molecule has 1 aromatic rings. The third kappa shape index (κ3) is 4.15. The van der Waals surface area contributed by atoms with Gasteiger partial charge in [0.15, 0.2) is 5.69 Å². The van der Waals surface area contributed by atoms with Crippen LogP contribution >= 0.6 is 12.4 Å². The molecule has 8 heteroatoms. The number of aromatic amines is 1. The quantitative estimate of drug-likeness (QED) is 0.868. The zero-order valence-electron chi connectivity index (χ0n) is 9.76. The van der Waals surface area contributed by atoms with Crippen LogP contribution in [0, 0.1) is 0 Å². The van der Waals surface area contributed by atoms with Crippen molar-refractivity contribution in [2.24, 2.45) is 0 Å². The van der Waals surface area contributed by atoms with Gasteiger partial charge in [-0.3, -0.25) is 10.00 Å². The third-order valence-corrected chi connectivity index (χ3v) is 2.75. The second kappa shape index (κ2) is 6.40. The van der Waals surface area contributed by atoms with Gasteiger partial charge in [0, 0.05) is 25.3 Å². The summed E-state index contributed by atoms with van der Waals surface area (Å²) in [5.41, 5.74) is -0.334. The maximum Gasteiger partial charge on any atom is 0.435 e. The topological polar surface area (TPSA) is 44.0 Å². The number of hydrogen-bond donors (Lipinski definition) is 2. The highest BCUT2D eigenvalue weighted by molar-refractivity contribution is 5.85. The standard InChI is InChI=1S/C10H15F3N4.ClH/c11-10(12,13)9-6-8(15-16-9)7-17-4-1-2-14-3-5-17;/h6,14H,1-5,7H2,(H,15,16);1H. The van der Waals surface area contributed by atoms with Gasteiger partial charge in [0.25, 0.3) is 0 Å². The molecule has 0 saturated carbocycles. The van der Waals surface area contributed by atoms with Crippen molar-refractivity contribution < 1.29 is 13.2 Å². The molecular weight excluding hydrogens is 269 g/mol. The van der Waals surface area contributed by atoms with Crippen LogP contribution in [0.25, 0.3) is 0 Å². The summed E-state index contributed by atoms with van der Waals surface area (Å²) in [5, 5.41) is 8.98. The summed E-state index contributed by atoms with van der Waals surface area (Å²) in [6.07, 6.45) is -3.35. The molecule has 0 bridgehead atoms. The molecular formula is C10H16ClF3N4. The number of H-pyrrole nitrogens is 1. The van der Waals surface area contributed by atoms with Crippen molar-refractivity contribution in [2.75, 3.05) is 26.2 Å². The van der Waals surface area contributed by atoms with Gasteiger partial charge in [0.05, 0.1) is 0 Å². The van der Waals surface area contributed by atoms with Crippen LogP contribution in [0.2, 0.25) is 0 Å². The van der Waals surface area contributed by atoms with E-state index in [4.69, 9.17) is 0 Å². The molecule has 104 valence electrons. The Labute approximate surface area is 109 Å². The third-order valence-electron chi connectivity index (χ3n) is 2.75. The van der Waals surface area contributed by atoms with Crippen molar-refractivity contribution in [3.05, 3.63) is 17.5 Å². The molecule has 1 aliphatic rings. The second-order valence-electron chi connectivity index (χ2n) is 4.16. The van der Waals surface area contributed by atoms with Gasteiger partial charge in [-0.25, -0.2) is 0 Å². The van der Waals surface area contributed by atoms with E-state index in [0.717, 1.165) is 38.7 Å². The number of aromatic nitrogens is 2. The molecule has 0 unspecified atom stereocenters. The average molecular weight is 285 g/mol. The highest BCUT2D eigenvalue weighted by Crippen LogP contribution is 2.27. The number of hydrogen-bond acceptors (Lipinski definition) is 3. The van der Waals surface area contributed by atoms with Gasteiger partial charge in [0.2, 0.25) is 0 Å². The van der Waals surface area contributed by atoms with Crippen molar-refractivity contribution in [1.82, 2.24) is 20.4 Å². The van der Waals surface area contributed by atoms with E-state index in [1.54, 1.807) is 0 Å². The summed E-state index contributed by atoms with van der Waals surface area (Å²) in [6.45, 7) is 4.08. The summed E-state index contributed by atoms with van der Waals surface area (Å²) in [7, 11) is 0. The molecule has 0 amide bonds. The van der Waals surface area contributed by atoms with E-state index >= 15 is 0 Å². The van der Waals surface area contributed by atoms with E-state index in [1.165, 1.54) is 0 Å². The minimum absolute atomic E-state index is 0. The molecule has 1 saturated heterocycles. The van der Waals surface area contributed by atoms with Gasteiger partial charge in [-0.05, 0) is 25.6 Å². The molecule has 2 N–H and O–H groups in total. The highest BCUT2D eigenvalue weighted by atomic mass is 35.5. The van der Waals surface area contributed by atoms with Gasteiger partial charge in [-0.2, -0.15) is 18.3 Å².